The van der Waals surface area contributed by atoms with Crippen LogP contribution in [0.2, 0.25) is 0 Å². The summed E-state index contributed by atoms with van der Waals surface area (Å²) in [5.41, 5.74) is 0.794. The van der Waals surface area contributed by atoms with Gasteiger partial charge in [-0.3, -0.25) is 4.72 Å². The maximum Gasteiger partial charge on any atom is 0.237 e. The number of nitriles is 1. The minimum atomic E-state index is -3.74. The molecule has 0 saturated carbocycles. The fraction of sp³-hybridized carbons (Fsp3) is 0.0714. The van der Waals surface area contributed by atoms with Crippen LogP contribution >= 0.6 is 15.9 Å². The van der Waals surface area contributed by atoms with E-state index in [1.54, 1.807) is 30.3 Å². The molecule has 0 bridgehead atoms. The maximum atomic E-state index is 12.2. The molecular weight excluding hydrogens is 356 g/mol. The zero-order chi connectivity index (χ0) is 15.5. The SMILES string of the molecule is N#Cc1ccccc1CS(=O)(=O)Nc1cc(Br)ccc1O. The molecule has 5 nitrogen and oxygen atoms in total. The number of phenols is 1. The molecule has 0 aliphatic heterocycles. The number of nitrogens with one attached hydrogen (secondary N) is 1. The molecule has 0 aliphatic carbocycles. The first-order valence-electron chi connectivity index (χ1n) is 5.88. The molecule has 7 heteroatoms. The van der Waals surface area contributed by atoms with Crippen molar-refractivity contribution in [3.63, 3.8) is 0 Å². The second-order valence-electron chi connectivity index (χ2n) is 4.29. The van der Waals surface area contributed by atoms with Crippen molar-refractivity contribution >= 4 is 31.6 Å². The second-order valence-corrected chi connectivity index (χ2v) is 6.93. The van der Waals surface area contributed by atoms with Gasteiger partial charge in [-0.25, -0.2) is 8.42 Å². The third-order valence-corrected chi connectivity index (χ3v) is 4.42. The number of nitrogens with zero attached hydrogens (tertiary/aromatic N) is 1. The fourth-order valence-electron chi connectivity index (χ4n) is 1.75. The van der Waals surface area contributed by atoms with Crippen molar-refractivity contribution < 1.29 is 13.5 Å². The van der Waals surface area contributed by atoms with Gasteiger partial charge < -0.3 is 5.11 Å². The molecule has 0 aliphatic rings. The average molecular weight is 367 g/mol. The van der Waals surface area contributed by atoms with Gasteiger partial charge in [-0.2, -0.15) is 5.26 Å². The Kier molecular flexibility index (Phi) is 4.50. The summed E-state index contributed by atoms with van der Waals surface area (Å²) >= 11 is 3.20. The smallest absolute Gasteiger partial charge is 0.237 e. The molecule has 2 aromatic carbocycles. The Balaban J connectivity index is 2.27. The minimum Gasteiger partial charge on any atom is -0.506 e. The Morgan fingerprint density at radius 1 is 1.24 bits per heavy atom. The van der Waals surface area contributed by atoms with Gasteiger partial charge in [-0.1, -0.05) is 34.1 Å². The maximum absolute atomic E-state index is 12.2. The number of phenolic OH excluding ortho intramolecular Hbond substituents is 1. The quantitative estimate of drug-likeness (QED) is 0.813. The van der Waals surface area contributed by atoms with Gasteiger partial charge in [-0.05, 0) is 29.8 Å². The molecule has 0 aromatic heterocycles. The zero-order valence-corrected chi connectivity index (χ0v) is 13.1. The van der Waals surface area contributed by atoms with E-state index in [1.165, 1.54) is 12.1 Å². The Morgan fingerprint density at radius 3 is 2.67 bits per heavy atom. The number of sulfonamides is 1. The lowest BCUT2D eigenvalue weighted by Gasteiger charge is -2.10. The van der Waals surface area contributed by atoms with Gasteiger partial charge in [0.25, 0.3) is 0 Å². The number of benzene rings is 2. The van der Waals surface area contributed by atoms with E-state index in [0.29, 0.717) is 15.6 Å². The highest BCUT2D eigenvalue weighted by atomic mass is 79.9. The first-order valence-corrected chi connectivity index (χ1v) is 8.33. The van der Waals surface area contributed by atoms with Gasteiger partial charge in [0, 0.05) is 4.47 Å². The molecule has 108 valence electrons. The van der Waals surface area contributed by atoms with Gasteiger partial charge >= 0.3 is 0 Å². The monoisotopic (exact) mass is 366 g/mol. The van der Waals surface area contributed by atoms with Crippen molar-refractivity contribution in [2.24, 2.45) is 0 Å². The molecule has 21 heavy (non-hydrogen) atoms. The first-order chi connectivity index (χ1) is 9.91. The van der Waals surface area contributed by atoms with Crippen LogP contribution in [0.3, 0.4) is 0 Å². The van der Waals surface area contributed by atoms with E-state index >= 15 is 0 Å². The highest BCUT2D eigenvalue weighted by Crippen LogP contribution is 2.28. The largest absolute Gasteiger partial charge is 0.506 e. The van der Waals surface area contributed by atoms with E-state index in [0.717, 1.165) is 0 Å². The van der Waals surface area contributed by atoms with Crippen molar-refractivity contribution in [1.29, 1.82) is 5.26 Å². The molecule has 0 amide bonds. The van der Waals surface area contributed by atoms with E-state index in [2.05, 4.69) is 20.7 Å². The Labute approximate surface area is 131 Å². The predicted octanol–water partition coefficient (Wildman–Crippen LogP) is 2.97. The summed E-state index contributed by atoms with van der Waals surface area (Å²) in [6.45, 7) is 0. The molecule has 0 saturated heterocycles. The van der Waals surface area contributed by atoms with Crippen LogP contribution in [-0.4, -0.2) is 13.5 Å². The van der Waals surface area contributed by atoms with Crippen LogP contribution in [0.4, 0.5) is 5.69 Å². The summed E-state index contributed by atoms with van der Waals surface area (Å²) in [7, 11) is -3.74. The van der Waals surface area contributed by atoms with Gasteiger partial charge in [0.15, 0.2) is 0 Å². The summed E-state index contributed by atoms with van der Waals surface area (Å²) in [6.07, 6.45) is 0. The van der Waals surface area contributed by atoms with Crippen LogP contribution in [-0.2, 0) is 15.8 Å². The highest BCUT2D eigenvalue weighted by Gasteiger charge is 2.16. The van der Waals surface area contributed by atoms with Crippen molar-refractivity contribution in [3.05, 3.63) is 58.1 Å². The Morgan fingerprint density at radius 2 is 1.95 bits per heavy atom. The molecule has 2 aromatic rings. The first kappa shape index (κ1) is 15.4. The number of aromatic hydroxyl groups is 1. The third kappa shape index (κ3) is 3.97. The van der Waals surface area contributed by atoms with E-state index in [-0.39, 0.29) is 17.2 Å². The van der Waals surface area contributed by atoms with Crippen molar-refractivity contribution in [3.8, 4) is 11.8 Å². The summed E-state index contributed by atoms with van der Waals surface area (Å²) in [6, 6.07) is 12.9. The zero-order valence-electron chi connectivity index (χ0n) is 10.7. The van der Waals surface area contributed by atoms with Crippen molar-refractivity contribution in [2.45, 2.75) is 5.75 Å². The van der Waals surface area contributed by atoms with Crippen LogP contribution in [0, 0.1) is 11.3 Å². The number of rotatable bonds is 4. The Hall–Kier alpha value is -2.04. The lowest BCUT2D eigenvalue weighted by atomic mass is 10.1. The fourth-order valence-corrected chi connectivity index (χ4v) is 3.35. The van der Waals surface area contributed by atoms with E-state index < -0.39 is 10.0 Å². The van der Waals surface area contributed by atoms with Crippen molar-refractivity contribution in [1.82, 2.24) is 0 Å². The molecule has 0 atom stereocenters. The molecule has 0 spiro atoms. The topological polar surface area (TPSA) is 90.2 Å². The molecule has 0 unspecified atom stereocenters. The number of halogens is 1. The van der Waals surface area contributed by atoms with Crippen LogP contribution in [0.25, 0.3) is 0 Å². The second kappa shape index (κ2) is 6.16. The van der Waals surface area contributed by atoms with E-state index in [1.807, 2.05) is 6.07 Å². The van der Waals surface area contributed by atoms with E-state index in [9.17, 15) is 13.5 Å². The third-order valence-electron chi connectivity index (χ3n) is 2.71. The molecule has 2 rings (SSSR count). The molecule has 0 radical (unpaired) electrons. The van der Waals surface area contributed by atoms with Gasteiger partial charge in [0.1, 0.15) is 5.75 Å². The minimum absolute atomic E-state index is 0.0822. The molecular formula is C14H11BrN2O3S. The highest BCUT2D eigenvalue weighted by molar-refractivity contribution is 9.10. The van der Waals surface area contributed by atoms with Crippen LogP contribution in [0.5, 0.6) is 5.75 Å². The average Bonchev–Trinajstić information content (AvgIpc) is 2.43. The number of hydrogen-bond acceptors (Lipinski definition) is 4. The summed E-state index contributed by atoms with van der Waals surface area (Å²) < 4.78 is 27.3. The summed E-state index contributed by atoms with van der Waals surface area (Å²) in [5, 5.41) is 18.6. The predicted molar refractivity (Wildman–Crippen MR) is 83.2 cm³/mol. The molecule has 0 fully saturated rings. The van der Waals surface area contributed by atoms with Crippen LogP contribution in [0.1, 0.15) is 11.1 Å². The standard InChI is InChI=1S/C14H11BrN2O3S/c15-12-5-6-14(18)13(7-12)17-21(19,20)9-11-4-2-1-3-10(11)8-16/h1-7,17-18H,9H2. The Bertz CT molecular complexity index is 813. The van der Waals surface area contributed by atoms with Crippen LogP contribution in [0.15, 0.2) is 46.9 Å². The van der Waals surface area contributed by atoms with Crippen molar-refractivity contribution in [2.75, 3.05) is 4.72 Å². The number of hydrogen-bond donors (Lipinski definition) is 2. The normalized spacial score (nSPS) is 10.9. The lowest BCUT2D eigenvalue weighted by Crippen LogP contribution is -2.15. The van der Waals surface area contributed by atoms with Gasteiger partial charge in [0.05, 0.1) is 23.1 Å². The molecule has 0 heterocycles. The van der Waals surface area contributed by atoms with E-state index in [4.69, 9.17) is 5.26 Å². The lowest BCUT2D eigenvalue weighted by molar-refractivity contribution is 0.477. The van der Waals surface area contributed by atoms with Gasteiger partial charge in [-0.15, -0.1) is 0 Å². The molecule has 2 N–H and O–H groups in total. The summed E-state index contributed by atoms with van der Waals surface area (Å²) in [4.78, 5) is 0. The number of anilines is 1. The summed E-state index contributed by atoms with van der Waals surface area (Å²) in [5.74, 6) is -0.516. The van der Waals surface area contributed by atoms with Gasteiger partial charge in [0.2, 0.25) is 10.0 Å². The van der Waals surface area contributed by atoms with Crippen LogP contribution < -0.4 is 4.72 Å².